The molecule has 3 N–H and O–H groups in total. The summed E-state index contributed by atoms with van der Waals surface area (Å²) < 4.78 is 0. The fourth-order valence-corrected chi connectivity index (χ4v) is 2.17. The van der Waals surface area contributed by atoms with Crippen molar-refractivity contribution in [3.05, 3.63) is 22.0 Å². The molecule has 0 aromatic carbocycles. The molecular weight excluding hydrogens is 244 g/mol. The van der Waals surface area contributed by atoms with Gasteiger partial charge in [0.05, 0.1) is 5.39 Å². The van der Waals surface area contributed by atoms with Crippen molar-refractivity contribution in [3.63, 3.8) is 0 Å². The summed E-state index contributed by atoms with van der Waals surface area (Å²) >= 11 is 0. The van der Waals surface area contributed by atoms with Crippen molar-refractivity contribution in [2.45, 2.75) is 32.6 Å². The second kappa shape index (κ2) is 4.22. The number of nitrogens with one attached hydrogen (secondary N) is 3. The van der Waals surface area contributed by atoms with E-state index in [1.165, 1.54) is 0 Å². The summed E-state index contributed by atoms with van der Waals surface area (Å²) in [5, 5.41) is 8.66. The average molecular weight is 260 g/mol. The predicted octanol–water partition coefficient (Wildman–Crippen LogP) is 1.72. The highest BCUT2D eigenvalue weighted by Gasteiger charge is 2.30. The Morgan fingerprint density at radius 3 is 2.79 bits per heavy atom. The number of carbonyl (C=O) groups excluding carboxylic acids is 1. The minimum Gasteiger partial charge on any atom is -0.310 e. The van der Waals surface area contributed by atoms with Gasteiger partial charge >= 0.3 is 0 Å². The smallest absolute Gasteiger partial charge is 0.273 e. The van der Waals surface area contributed by atoms with Crippen molar-refractivity contribution in [1.29, 1.82) is 0 Å². The summed E-state index contributed by atoms with van der Waals surface area (Å²) in [7, 11) is 0. The molecular formula is C13H16N4O2. The second-order valence-corrected chi connectivity index (χ2v) is 5.32. The third-order valence-corrected chi connectivity index (χ3v) is 3.39. The van der Waals surface area contributed by atoms with Crippen LogP contribution in [0.3, 0.4) is 0 Å². The molecule has 2 aromatic rings. The molecule has 6 nitrogen and oxygen atoms in total. The van der Waals surface area contributed by atoms with E-state index in [9.17, 15) is 9.59 Å². The number of H-pyrrole nitrogens is 2. The van der Waals surface area contributed by atoms with Gasteiger partial charge in [-0.1, -0.05) is 13.8 Å². The molecule has 1 aliphatic rings. The van der Waals surface area contributed by atoms with E-state index < -0.39 is 0 Å². The van der Waals surface area contributed by atoms with E-state index >= 15 is 0 Å². The fraction of sp³-hybridized carbons (Fsp3) is 0.462. The minimum atomic E-state index is -0.175. The van der Waals surface area contributed by atoms with E-state index in [2.05, 4.69) is 20.5 Å². The van der Waals surface area contributed by atoms with Crippen LogP contribution in [0.15, 0.2) is 10.9 Å². The van der Waals surface area contributed by atoms with E-state index in [1.54, 1.807) is 6.07 Å². The van der Waals surface area contributed by atoms with Crippen molar-refractivity contribution < 1.29 is 4.79 Å². The predicted molar refractivity (Wildman–Crippen MR) is 72.2 cm³/mol. The molecule has 2 heterocycles. The molecule has 1 fully saturated rings. The Labute approximate surface area is 109 Å². The zero-order valence-electron chi connectivity index (χ0n) is 10.9. The van der Waals surface area contributed by atoms with Gasteiger partial charge in [0.25, 0.3) is 5.56 Å². The second-order valence-electron chi connectivity index (χ2n) is 5.32. The Balaban J connectivity index is 2.06. The van der Waals surface area contributed by atoms with Crippen LogP contribution >= 0.6 is 0 Å². The first-order chi connectivity index (χ1) is 9.06. The van der Waals surface area contributed by atoms with Crippen LogP contribution in [0.4, 0.5) is 5.82 Å². The quantitative estimate of drug-likeness (QED) is 0.784. The van der Waals surface area contributed by atoms with Crippen LogP contribution in [0.1, 0.15) is 38.2 Å². The van der Waals surface area contributed by atoms with Gasteiger partial charge in [-0.2, -0.15) is 0 Å². The van der Waals surface area contributed by atoms with E-state index in [4.69, 9.17) is 0 Å². The highest BCUT2D eigenvalue weighted by Crippen LogP contribution is 2.30. The van der Waals surface area contributed by atoms with Crippen LogP contribution in [0.25, 0.3) is 11.0 Å². The Kier molecular flexibility index (Phi) is 2.66. The SMILES string of the molecule is CC(C)c1cc(NC(=O)C2CC2)nc2[nH][nH]c(=O)c12. The molecule has 1 amide bonds. The summed E-state index contributed by atoms with van der Waals surface area (Å²) in [6.45, 7) is 4.02. The summed E-state index contributed by atoms with van der Waals surface area (Å²) in [5.74, 6) is 0.826. The average Bonchev–Trinajstić information content (AvgIpc) is 3.14. The van der Waals surface area contributed by atoms with Gasteiger partial charge in [0.2, 0.25) is 5.91 Å². The van der Waals surface area contributed by atoms with Gasteiger partial charge in [-0.05, 0) is 30.4 Å². The number of hydrogen-bond acceptors (Lipinski definition) is 3. The van der Waals surface area contributed by atoms with Crippen LogP contribution in [-0.2, 0) is 4.79 Å². The molecule has 1 aliphatic carbocycles. The molecule has 0 radical (unpaired) electrons. The summed E-state index contributed by atoms with van der Waals surface area (Å²) in [6, 6.07) is 1.79. The maximum Gasteiger partial charge on any atom is 0.273 e. The van der Waals surface area contributed by atoms with E-state index in [1.807, 2.05) is 13.8 Å². The standard InChI is InChI=1S/C13H16N4O2/c1-6(2)8-5-9(15-12(18)7-3-4-7)14-11-10(8)13(19)17-16-11/h5-7H,3-4H2,1-2H3,(H3,14,15,16,17,18,19). The third-order valence-electron chi connectivity index (χ3n) is 3.39. The lowest BCUT2D eigenvalue weighted by molar-refractivity contribution is -0.117. The topological polar surface area (TPSA) is 90.6 Å². The van der Waals surface area contributed by atoms with Crippen molar-refractivity contribution in [2.24, 2.45) is 5.92 Å². The van der Waals surface area contributed by atoms with Crippen molar-refractivity contribution in [2.75, 3.05) is 5.32 Å². The van der Waals surface area contributed by atoms with Gasteiger partial charge in [-0.25, -0.2) is 4.98 Å². The number of aromatic amines is 2. The van der Waals surface area contributed by atoms with Gasteiger partial charge < -0.3 is 5.32 Å². The number of aromatic nitrogens is 3. The lowest BCUT2D eigenvalue weighted by Crippen LogP contribution is -2.15. The number of carbonyl (C=O) groups is 1. The number of fused-ring (bicyclic) bond motifs is 1. The molecule has 100 valence electrons. The van der Waals surface area contributed by atoms with E-state index in [0.29, 0.717) is 16.9 Å². The van der Waals surface area contributed by atoms with Gasteiger partial charge in [0.15, 0.2) is 5.65 Å². The lowest BCUT2D eigenvalue weighted by Gasteiger charge is -2.09. The molecule has 0 bridgehead atoms. The van der Waals surface area contributed by atoms with E-state index in [0.717, 1.165) is 18.4 Å². The van der Waals surface area contributed by atoms with Crippen LogP contribution in [0, 0.1) is 5.92 Å². The molecule has 2 aromatic heterocycles. The molecule has 0 saturated heterocycles. The number of pyridine rings is 1. The Hall–Kier alpha value is -2.11. The first-order valence-corrected chi connectivity index (χ1v) is 6.48. The molecule has 1 saturated carbocycles. The van der Waals surface area contributed by atoms with Gasteiger partial charge in [-0.15, -0.1) is 0 Å². The zero-order valence-corrected chi connectivity index (χ0v) is 10.9. The number of anilines is 1. The summed E-state index contributed by atoms with van der Waals surface area (Å²) in [6.07, 6.45) is 1.90. The molecule has 0 unspecified atom stereocenters. The Morgan fingerprint density at radius 2 is 2.16 bits per heavy atom. The molecule has 0 spiro atoms. The lowest BCUT2D eigenvalue weighted by atomic mass is 10.0. The number of hydrogen-bond donors (Lipinski definition) is 3. The van der Waals surface area contributed by atoms with E-state index in [-0.39, 0.29) is 23.3 Å². The normalized spacial score (nSPS) is 15.1. The van der Waals surface area contributed by atoms with Gasteiger partial charge in [0.1, 0.15) is 5.82 Å². The number of nitrogens with zero attached hydrogens (tertiary/aromatic N) is 1. The number of amides is 1. The maximum atomic E-state index is 11.8. The first kappa shape index (κ1) is 12.0. The first-order valence-electron chi connectivity index (χ1n) is 6.48. The van der Waals surface area contributed by atoms with Crippen molar-refractivity contribution >= 4 is 22.8 Å². The monoisotopic (exact) mass is 260 g/mol. The third kappa shape index (κ3) is 2.14. The molecule has 0 atom stereocenters. The van der Waals surface area contributed by atoms with Gasteiger partial charge in [-0.3, -0.25) is 19.8 Å². The summed E-state index contributed by atoms with van der Waals surface area (Å²) in [4.78, 5) is 27.8. The van der Waals surface area contributed by atoms with Gasteiger partial charge in [0, 0.05) is 5.92 Å². The van der Waals surface area contributed by atoms with Crippen molar-refractivity contribution in [3.8, 4) is 0 Å². The highest BCUT2D eigenvalue weighted by molar-refractivity contribution is 5.94. The van der Waals surface area contributed by atoms with Crippen molar-refractivity contribution in [1.82, 2.24) is 15.2 Å². The van der Waals surface area contributed by atoms with Crippen LogP contribution < -0.4 is 10.9 Å². The molecule has 19 heavy (non-hydrogen) atoms. The zero-order chi connectivity index (χ0) is 13.6. The fourth-order valence-electron chi connectivity index (χ4n) is 2.17. The largest absolute Gasteiger partial charge is 0.310 e. The molecule has 0 aliphatic heterocycles. The number of rotatable bonds is 3. The molecule has 3 rings (SSSR count). The maximum absolute atomic E-state index is 11.8. The minimum absolute atomic E-state index is 0.0134. The van der Waals surface area contributed by atoms with Crippen LogP contribution in [-0.4, -0.2) is 21.1 Å². The highest BCUT2D eigenvalue weighted by atomic mass is 16.2. The van der Waals surface area contributed by atoms with Crippen LogP contribution in [0.2, 0.25) is 0 Å². The molecule has 6 heteroatoms. The Morgan fingerprint density at radius 1 is 1.42 bits per heavy atom. The van der Waals surface area contributed by atoms with Crippen LogP contribution in [0.5, 0.6) is 0 Å². The summed E-state index contributed by atoms with van der Waals surface area (Å²) in [5.41, 5.74) is 1.20. The Bertz CT molecular complexity index is 694.